The van der Waals surface area contributed by atoms with Crippen molar-refractivity contribution in [2.24, 2.45) is 10.9 Å². The lowest BCUT2D eigenvalue weighted by atomic mass is 9.75. The van der Waals surface area contributed by atoms with Gasteiger partial charge in [-0.25, -0.2) is 0 Å². The van der Waals surface area contributed by atoms with Crippen molar-refractivity contribution < 1.29 is 0 Å². The van der Waals surface area contributed by atoms with Gasteiger partial charge in [0.2, 0.25) is 0 Å². The summed E-state index contributed by atoms with van der Waals surface area (Å²) in [6.07, 6.45) is 5.45. The van der Waals surface area contributed by atoms with Crippen LogP contribution in [-0.2, 0) is 0 Å². The molecule has 2 aromatic rings. The average molecular weight is 286 g/mol. The molecule has 108 valence electrons. The van der Waals surface area contributed by atoms with Crippen molar-refractivity contribution in [1.29, 1.82) is 5.41 Å². The Labute approximate surface area is 130 Å². The molecule has 4 rings (SSSR count). The summed E-state index contributed by atoms with van der Waals surface area (Å²) in [6.45, 7) is 0. The molecular weight excluding hydrogens is 268 g/mol. The molecule has 0 amide bonds. The molecule has 2 aromatic carbocycles. The number of rotatable bonds is 1. The summed E-state index contributed by atoms with van der Waals surface area (Å²) in [5.74, 6) is 0.0730. The second-order valence-electron chi connectivity index (χ2n) is 5.95. The van der Waals surface area contributed by atoms with Crippen molar-refractivity contribution in [2.75, 3.05) is 0 Å². The lowest BCUT2D eigenvalue weighted by molar-refractivity contribution is 0.749. The summed E-state index contributed by atoms with van der Waals surface area (Å²) in [7, 11) is 0. The van der Waals surface area contributed by atoms with Crippen LogP contribution in [0.15, 0.2) is 65.2 Å². The SMILES string of the molecule is N=C1c2ccccc2N=C2CCCC(=Cc3ccccc3)C12. The first-order chi connectivity index (χ1) is 10.8. The topological polar surface area (TPSA) is 36.2 Å². The molecule has 1 fully saturated rings. The fourth-order valence-corrected chi connectivity index (χ4v) is 3.48. The molecule has 22 heavy (non-hydrogen) atoms. The fraction of sp³-hybridized carbons (Fsp3) is 0.200. The van der Waals surface area contributed by atoms with E-state index in [9.17, 15) is 0 Å². The molecule has 2 nitrogen and oxygen atoms in total. The Morgan fingerprint density at radius 2 is 1.73 bits per heavy atom. The number of hydrogen-bond donors (Lipinski definition) is 1. The maximum Gasteiger partial charge on any atom is 0.0720 e. The largest absolute Gasteiger partial charge is 0.304 e. The van der Waals surface area contributed by atoms with Gasteiger partial charge >= 0.3 is 0 Å². The van der Waals surface area contributed by atoms with Crippen LogP contribution >= 0.6 is 0 Å². The zero-order valence-corrected chi connectivity index (χ0v) is 12.4. The third-order valence-corrected chi connectivity index (χ3v) is 4.50. The van der Waals surface area contributed by atoms with Gasteiger partial charge < -0.3 is 5.41 Å². The Morgan fingerprint density at radius 1 is 0.955 bits per heavy atom. The molecule has 1 saturated carbocycles. The van der Waals surface area contributed by atoms with E-state index in [0.717, 1.165) is 36.2 Å². The van der Waals surface area contributed by atoms with Gasteiger partial charge in [0.25, 0.3) is 0 Å². The van der Waals surface area contributed by atoms with Crippen LogP contribution < -0.4 is 0 Å². The summed E-state index contributed by atoms with van der Waals surface area (Å²) in [6, 6.07) is 18.4. The number of nitrogens with zero attached hydrogens (tertiary/aromatic N) is 1. The minimum atomic E-state index is 0.0730. The molecule has 1 unspecified atom stereocenters. The van der Waals surface area contributed by atoms with E-state index in [4.69, 9.17) is 10.4 Å². The highest BCUT2D eigenvalue weighted by molar-refractivity contribution is 6.21. The molecule has 1 aliphatic carbocycles. The zero-order chi connectivity index (χ0) is 14.9. The highest BCUT2D eigenvalue weighted by Gasteiger charge is 2.33. The molecule has 0 bridgehead atoms. The molecule has 2 heteroatoms. The Kier molecular flexibility index (Phi) is 3.23. The van der Waals surface area contributed by atoms with Gasteiger partial charge in [-0.05, 0) is 30.9 Å². The van der Waals surface area contributed by atoms with Crippen LogP contribution in [0, 0.1) is 11.3 Å². The molecule has 1 aliphatic heterocycles. The van der Waals surface area contributed by atoms with Crippen LogP contribution in [0.1, 0.15) is 30.4 Å². The molecular formula is C20H18N2. The molecule has 1 atom stereocenters. The number of nitrogens with one attached hydrogen (secondary N) is 1. The van der Waals surface area contributed by atoms with Gasteiger partial charge in [0.15, 0.2) is 0 Å². The summed E-state index contributed by atoms with van der Waals surface area (Å²) in [4.78, 5) is 4.84. The zero-order valence-electron chi connectivity index (χ0n) is 12.4. The van der Waals surface area contributed by atoms with E-state index in [1.54, 1.807) is 0 Å². The third-order valence-electron chi connectivity index (χ3n) is 4.50. The van der Waals surface area contributed by atoms with Gasteiger partial charge in [-0.1, -0.05) is 60.2 Å². The lowest BCUT2D eigenvalue weighted by Crippen LogP contribution is -2.32. The summed E-state index contributed by atoms with van der Waals surface area (Å²) >= 11 is 0. The Hall–Kier alpha value is -2.48. The fourth-order valence-electron chi connectivity index (χ4n) is 3.48. The molecule has 0 radical (unpaired) electrons. The van der Waals surface area contributed by atoms with Crippen LogP contribution in [0.2, 0.25) is 0 Å². The van der Waals surface area contributed by atoms with E-state index in [1.807, 2.05) is 30.3 Å². The Balaban J connectivity index is 1.79. The summed E-state index contributed by atoms with van der Waals surface area (Å²) < 4.78 is 0. The first-order valence-corrected chi connectivity index (χ1v) is 7.84. The van der Waals surface area contributed by atoms with Gasteiger partial charge in [0, 0.05) is 11.3 Å². The lowest BCUT2D eigenvalue weighted by Gasteiger charge is -2.32. The monoisotopic (exact) mass is 286 g/mol. The Morgan fingerprint density at radius 3 is 2.59 bits per heavy atom. The predicted molar refractivity (Wildman–Crippen MR) is 92.1 cm³/mol. The van der Waals surface area contributed by atoms with Crippen LogP contribution in [-0.4, -0.2) is 11.4 Å². The first-order valence-electron chi connectivity index (χ1n) is 7.84. The molecule has 2 aliphatic rings. The first kappa shape index (κ1) is 13.2. The highest BCUT2D eigenvalue weighted by atomic mass is 14.8. The quantitative estimate of drug-likeness (QED) is 0.764. The molecule has 0 saturated heterocycles. The average Bonchev–Trinajstić information content (AvgIpc) is 2.56. The highest BCUT2D eigenvalue weighted by Crippen LogP contribution is 2.38. The van der Waals surface area contributed by atoms with Crippen LogP contribution in [0.4, 0.5) is 5.69 Å². The normalized spacial score (nSPS) is 22.0. The van der Waals surface area contributed by atoms with Crippen molar-refractivity contribution in [3.8, 4) is 0 Å². The van der Waals surface area contributed by atoms with E-state index in [-0.39, 0.29) is 5.92 Å². The van der Waals surface area contributed by atoms with Crippen molar-refractivity contribution in [3.63, 3.8) is 0 Å². The van der Waals surface area contributed by atoms with Crippen molar-refractivity contribution in [3.05, 3.63) is 71.3 Å². The van der Waals surface area contributed by atoms with E-state index in [0.29, 0.717) is 5.71 Å². The van der Waals surface area contributed by atoms with Gasteiger partial charge in [-0.3, -0.25) is 4.99 Å². The minimum Gasteiger partial charge on any atom is -0.304 e. The van der Waals surface area contributed by atoms with Gasteiger partial charge in [0.05, 0.1) is 17.3 Å². The van der Waals surface area contributed by atoms with E-state index in [2.05, 4.69) is 30.3 Å². The van der Waals surface area contributed by atoms with Crippen LogP contribution in [0.3, 0.4) is 0 Å². The number of hydrogen-bond acceptors (Lipinski definition) is 2. The van der Waals surface area contributed by atoms with Crippen molar-refractivity contribution >= 4 is 23.2 Å². The van der Waals surface area contributed by atoms with Crippen LogP contribution in [0.5, 0.6) is 0 Å². The number of benzene rings is 2. The maximum atomic E-state index is 8.67. The number of allylic oxidation sites excluding steroid dienone is 1. The van der Waals surface area contributed by atoms with E-state index in [1.165, 1.54) is 11.1 Å². The molecule has 0 aromatic heterocycles. The second kappa shape index (κ2) is 5.38. The van der Waals surface area contributed by atoms with Crippen LogP contribution in [0.25, 0.3) is 6.08 Å². The van der Waals surface area contributed by atoms with Gasteiger partial charge in [-0.2, -0.15) is 0 Å². The third kappa shape index (κ3) is 2.21. The number of para-hydroxylation sites is 1. The van der Waals surface area contributed by atoms with E-state index < -0.39 is 0 Å². The Bertz CT molecular complexity index is 784. The van der Waals surface area contributed by atoms with E-state index >= 15 is 0 Å². The minimum absolute atomic E-state index is 0.0730. The van der Waals surface area contributed by atoms with Crippen molar-refractivity contribution in [2.45, 2.75) is 19.3 Å². The summed E-state index contributed by atoms with van der Waals surface area (Å²) in [5.41, 5.74) is 6.36. The predicted octanol–water partition coefficient (Wildman–Crippen LogP) is 5.02. The number of aliphatic imine (C=N–C) groups is 1. The van der Waals surface area contributed by atoms with Crippen molar-refractivity contribution in [1.82, 2.24) is 0 Å². The molecule has 1 heterocycles. The second-order valence-corrected chi connectivity index (χ2v) is 5.95. The van der Waals surface area contributed by atoms with Gasteiger partial charge in [-0.15, -0.1) is 0 Å². The standard InChI is InChI=1S/C20H18N2/c21-20-16-10-4-5-11-17(16)22-18-12-6-9-15(19(18)20)13-14-7-2-1-3-8-14/h1-5,7-8,10-11,13,19,21H,6,9,12H2. The molecule has 0 spiro atoms. The molecule has 1 N–H and O–H groups in total. The number of fused-ring (bicyclic) bond motifs is 2. The smallest absolute Gasteiger partial charge is 0.0720 e. The maximum absolute atomic E-state index is 8.67. The summed E-state index contributed by atoms with van der Waals surface area (Å²) in [5, 5.41) is 8.67. The van der Waals surface area contributed by atoms with Gasteiger partial charge in [0.1, 0.15) is 0 Å².